The summed E-state index contributed by atoms with van der Waals surface area (Å²) in [6, 6.07) is 2.22. The van der Waals surface area contributed by atoms with Crippen LogP contribution >= 0.6 is 11.3 Å². The van der Waals surface area contributed by atoms with Crippen molar-refractivity contribution in [3.63, 3.8) is 0 Å². The number of hydrogen-bond acceptors (Lipinski definition) is 4. The van der Waals surface area contributed by atoms with E-state index >= 15 is 0 Å². The van der Waals surface area contributed by atoms with E-state index in [1.807, 2.05) is 0 Å². The molecule has 132 valence electrons. The third-order valence-corrected chi connectivity index (χ3v) is 6.69. The molecule has 1 amide bonds. The quantitative estimate of drug-likeness (QED) is 0.838. The number of carbonyl (C=O) groups excluding carboxylic acids is 1. The first-order chi connectivity index (χ1) is 11.7. The van der Waals surface area contributed by atoms with E-state index in [1.54, 1.807) is 11.3 Å². The van der Waals surface area contributed by atoms with Crippen LogP contribution in [0.25, 0.3) is 0 Å². The Labute approximate surface area is 148 Å². The van der Waals surface area contributed by atoms with Gasteiger partial charge in [0.05, 0.1) is 12.2 Å². The first-order valence-corrected chi connectivity index (χ1v) is 10.3. The zero-order valence-corrected chi connectivity index (χ0v) is 15.2. The highest BCUT2D eigenvalue weighted by Gasteiger charge is 2.43. The van der Waals surface area contributed by atoms with Crippen molar-refractivity contribution in [3.05, 3.63) is 22.4 Å². The highest BCUT2D eigenvalue weighted by Crippen LogP contribution is 2.40. The van der Waals surface area contributed by atoms with Crippen LogP contribution in [0.4, 0.5) is 0 Å². The molecule has 3 aliphatic rings. The Balaban J connectivity index is 1.25. The summed E-state index contributed by atoms with van der Waals surface area (Å²) in [5.41, 5.74) is 1.48. The molecule has 1 aromatic rings. The number of rotatable bonds is 4. The highest BCUT2D eigenvalue weighted by atomic mass is 32.1. The molecule has 3 saturated heterocycles. The molecule has 4 heterocycles. The predicted molar refractivity (Wildman–Crippen MR) is 96.1 cm³/mol. The van der Waals surface area contributed by atoms with E-state index in [0.717, 1.165) is 58.6 Å². The maximum Gasteiger partial charge on any atom is 0.222 e. The van der Waals surface area contributed by atoms with E-state index in [2.05, 4.69) is 26.6 Å². The standard InChI is InChI=1S/C19H28N2O2S/c22-18(21-6-1-2-7-21)11-17-12-19(23-14-17)4-8-20(9-5-19)13-16-3-10-24-15-16/h3,10,15,17H,1-2,4-9,11-14H2. The lowest BCUT2D eigenvalue weighted by Crippen LogP contribution is -2.43. The van der Waals surface area contributed by atoms with Gasteiger partial charge in [-0.3, -0.25) is 9.69 Å². The third-order valence-electron chi connectivity index (χ3n) is 5.96. The Kier molecular flexibility index (Phi) is 4.93. The number of piperidine rings is 1. The second-order valence-electron chi connectivity index (χ2n) is 7.76. The second kappa shape index (κ2) is 7.14. The normalized spacial score (nSPS) is 27.2. The topological polar surface area (TPSA) is 32.8 Å². The molecule has 5 heteroatoms. The molecule has 0 radical (unpaired) electrons. The van der Waals surface area contributed by atoms with Crippen LogP contribution in [-0.4, -0.2) is 54.1 Å². The van der Waals surface area contributed by atoms with Crippen LogP contribution in [0, 0.1) is 5.92 Å². The zero-order valence-electron chi connectivity index (χ0n) is 14.4. The number of thiophene rings is 1. The molecule has 24 heavy (non-hydrogen) atoms. The van der Waals surface area contributed by atoms with Crippen LogP contribution in [-0.2, 0) is 16.1 Å². The molecule has 1 unspecified atom stereocenters. The van der Waals surface area contributed by atoms with Crippen molar-refractivity contribution >= 4 is 17.2 Å². The third kappa shape index (κ3) is 3.68. The summed E-state index contributed by atoms with van der Waals surface area (Å²) in [5, 5.41) is 4.40. The molecule has 4 rings (SSSR count). The van der Waals surface area contributed by atoms with Crippen LogP contribution in [0.2, 0.25) is 0 Å². The molecule has 1 aromatic heterocycles. The van der Waals surface area contributed by atoms with Gasteiger partial charge in [0, 0.05) is 39.1 Å². The van der Waals surface area contributed by atoms with E-state index < -0.39 is 0 Å². The summed E-state index contributed by atoms with van der Waals surface area (Å²) in [6.45, 7) is 6.01. The molecule has 0 saturated carbocycles. The number of amides is 1. The smallest absolute Gasteiger partial charge is 0.222 e. The minimum Gasteiger partial charge on any atom is -0.375 e. The number of carbonyl (C=O) groups is 1. The van der Waals surface area contributed by atoms with Crippen molar-refractivity contribution in [2.75, 3.05) is 32.8 Å². The van der Waals surface area contributed by atoms with Crippen LogP contribution in [0.3, 0.4) is 0 Å². The highest BCUT2D eigenvalue weighted by molar-refractivity contribution is 7.07. The van der Waals surface area contributed by atoms with Crippen LogP contribution in [0.15, 0.2) is 16.8 Å². The van der Waals surface area contributed by atoms with Gasteiger partial charge in [0.15, 0.2) is 0 Å². The Hall–Kier alpha value is -0.910. The maximum absolute atomic E-state index is 12.4. The zero-order chi connectivity index (χ0) is 16.4. The predicted octanol–water partition coefficient (Wildman–Crippen LogP) is 3.13. The van der Waals surface area contributed by atoms with Gasteiger partial charge in [0.1, 0.15) is 0 Å². The summed E-state index contributed by atoms with van der Waals surface area (Å²) in [7, 11) is 0. The van der Waals surface area contributed by atoms with Crippen LogP contribution in [0.1, 0.15) is 44.1 Å². The van der Waals surface area contributed by atoms with Gasteiger partial charge in [0.2, 0.25) is 5.91 Å². The van der Waals surface area contributed by atoms with Gasteiger partial charge < -0.3 is 9.64 Å². The molecule has 0 aromatic carbocycles. The van der Waals surface area contributed by atoms with Crippen LogP contribution < -0.4 is 0 Å². The Morgan fingerprint density at radius 1 is 1.25 bits per heavy atom. The van der Waals surface area contributed by atoms with Crippen molar-refractivity contribution < 1.29 is 9.53 Å². The lowest BCUT2D eigenvalue weighted by atomic mass is 9.84. The molecule has 1 atom stereocenters. The molecule has 0 N–H and O–H groups in total. The number of ether oxygens (including phenoxy) is 1. The molecular formula is C19H28N2O2S. The van der Waals surface area contributed by atoms with Gasteiger partial charge in [-0.2, -0.15) is 11.3 Å². The fraction of sp³-hybridized carbons (Fsp3) is 0.737. The minimum absolute atomic E-state index is 0.0566. The number of nitrogens with zero attached hydrogens (tertiary/aromatic N) is 2. The molecule has 3 aliphatic heterocycles. The van der Waals surface area contributed by atoms with Gasteiger partial charge >= 0.3 is 0 Å². The first-order valence-electron chi connectivity index (χ1n) is 9.38. The Morgan fingerprint density at radius 2 is 2.04 bits per heavy atom. The van der Waals surface area contributed by atoms with Gasteiger partial charge in [-0.1, -0.05) is 0 Å². The monoisotopic (exact) mass is 348 g/mol. The van der Waals surface area contributed by atoms with Crippen LogP contribution in [0.5, 0.6) is 0 Å². The molecule has 4 nitrogen and oxygen atoms in total. The summed E-state index contributed by atoms with van der Waals surface area (Å²) >= 11 is 1.78. The van der Waals surface area contributed by atoms with Gasteiger partial charge in [-0.05, 0) is 60.4 Å². The van der Waals surface area contributed by atoms with Crippen molar-refractivity contribution in [1.82, 2.24) is 9.80 Å². The minimum atomic E-state index is 0.0566. The number of likely N-dealkylation sites (tertiary alicyclic amines) is 2. The summed E-state index contributed by atoms with van der Waals surface area (Å²) < 4.78 is 6.25. The largest absolute Gasteiger partial charge is 0.375 e. The van der Waals surface area contributed by atoms with Gasteiger partial charge in [-0.25, -0.2) is 0 Å². The Bertz CT molecular complexity index is 546. The molecular weight excluding hydrogens is 320 g/mol. The van der Waals surface area contributed by atoms with E-state index in [9.17, 15) is 4.79 Å². The van der Waals surface area contributed by atoms with E-state index in [0.29, 0.717) is 18.2 Å². The summed E-state index contributed by atoms with van der Waals surface area (Å²) in [5.74, 6) is 0.787. The molecule has 1 spiro atoms. The van der Waals surface area contributed by atoms with E-state index in [4.69, 9.17) is 4.74 Å². The summed E-state index contributed by atoms with van der Waals surface area (Å²) in [4.78, 5) is 17.0. The number of hydrogen-bond donors (Lipinski definition) is 0. The van der Waals surface area contributed by atoms with Crippen molar-refractivity contribution in [1.29, 1.82) is 0 Å². The summed E-state index contributed by atoms with van der Waals surface area (Å²) in [6.07, 6.45) is 6.37. The van der Waals surface area contributed by atoms with E-state index in [-0.39, 0.29) is 5.60 Å². The van der Waals surface area contributed by atoms with Gasteiger partial charge in [0.25, 0.3) is 0 Å². The average Bonchev–Trinajstić information content (AvgIpc) is 3.33. The molecule has 0 bridgehead atoms. The average molecular weight is 349 g/mol. The Morgan fingerprint density at radius 3 is 2.75 bits per heavy atom. The fourth-order valence-corrected chi connectivity index (χ4v) is 5.18. The second-order valence-corrected chi connectivity index (χ2v) is 8.54. The van der Waals surface area contributed by atoms with Crippen molar-refractivity contribution in [2.24, 2.45) is 5.92 Å². The fourth-order valence-electron chi connectivity index (χ4n) is 4.52. The van der Waals surface area contributed by atoms with Gasteiger partial charge in [-0.15, -0.1) is 0 Å². The SMILES string of the molecule is O=C(CC1COC2(CCN(Cc3ccsc3)CC2)C1)N1CCCC1. The maximum atomic E-state index is 12.4. The van der Waals surface area contributed by atoms with Crippen molar-refractivity contribution in [3.8, 4) is 0 Å². The van der Waals surface area contributed by atoms with Crippen molar-refractivity contribution in [2.45, 2.75) is 50.7 Å². The van der Waals surface area contributed by atoms with E-state index in [1.165, 1.54) is 18.4 Å². The lowest BCUT2D eigenvalue weighted by molar-refractivity contribution is -0.131. The first kappa shape index (κ1) is 16.6. The lowest BCUT2D eigenvalue weighted by Gasteiger charge is -2.38. The molecule has 3 fully saturated rings. The molecule has 0 aliphatic carbocycles.